The van der Waals surface area contributed by atoms with Crippen molar-refractivity contribution in [2.24, 2.45) is 0 Å². The second-order valence-electron chi connectivity index (χ2n) is 6.52. The molecule has 142 valence electrons. The molecule has 0 unspecified atom stereocenters. The van der Waals surface area contributed by atoms with Gasteiger partial charge in [-0.3, -0.25) is 4.79 Å². The normalized spacial score (nSPS) is 14.0. The number of amides is 2. The Labute approximate surface area is 159 Å². The van der Waals surface area contributed by atoms with Crippen LogP contribution >= 0.6 is 0 Å². The molecular formula is C21H24N2O4. The van der Waals surface area contributed by atoms with Crippen molar-refractivity contribution in [2.75, 3.05) is 33.3 Å². The number of hydrogen-bond acceptors (Lipinski definition) is 4. The molecule has 1 aliphatic rings. The molecule has 6 heteroatoms. The lowest BCUT2D eigenvalue weighted by Gasteiger charge is -2.34. The van der Waals surface area contributed by atoms with E-state index >= 15 is 0 Å². The Kier molecular flexibility index (Phi) is 5.96. The number of methoxy groups -OCH3 is 1. The van der Waals surface area contributed by atoms with Gasteiger partial charge in [-0.15, -0.1) is 0 Å². The van der Waals surface area contributed by atoms with Crippen LogP contribution in [0.15, 0.2) is 48.5 Å². The lowest BCUT2D eigenvalue weighted by Crippen LogP contribution is -2.50. The highest BCUT2D eigenvalue weighted by Gasteiger charge is 2.27. The van der Waals surface area contributed by atoms with Crippen LogP contribution in [-0.2, 0) is 11.3 Å². The van der Waals surface area contributed by atoms with Gasteiger partial charge in [-0.25, -0.2) is 4.79 Å². The molecule has 3 rings (SSSR count). The van der Waals surface area contributed by atoms with E-state index in [1.807, 2.05) is 49.4 Å². The van der Waals surface area contributed by atoms with Crippen molar-refractivity contribution in [2.45, 2.75) is 13.5 Å². The summed E-state index contributed by atoms with van der Waals surface area (Å²) < 4.78 is 10.7. The lowest BCUT2D eigenvalue weighted by molar-refractivity contribution is 0.0541. The topological polar surface area (TPSA) is 59.1 Å². The van der Waals surface area contributed by atoms with Gasteiger partial charge in [0.2, 0.25) is 0 Å². The van der Waals surface area contributed by atoms with Gasteiger partial charge in [0.25, 0.3) is 5.91 Å². The van der Waals surface area contributed by atoms with Crippen molar-refractivity contribution in [3.63, 3.8) is 0 Å². The Morgan fingerprint density at radius 3 is 2.30 bits per heavy atom. The Bertz CT molecular complexity index is 799. The summed E-state index contributed by atoms with van der Waals surface area (Å²) in [6.07, 6.45) is -0.348. The highest BCUT2D eigenvalue weighted by molar-refractivity contribution is 5.97. The number of carbonyl (C=O) groups is 2. The van der Waals surface area contributed by atoms with Gasteiger partial charge < -0.3 is 19.3 Å². The molecule has 0 aliphatic carbocycles. The summed E-state index contributed by atoms with van der Waals surface area (Å²) >= 11 is 0. The number of piperazine rings is 1. The van der Waals surface area contributed by atoms with E-state index in [0.29, 0.717) is 37.5 Å². The summed E-state index contributed by atoms with van der Waals surface area (Å²) in [5, 5.41) is 0. The summed E-state index contributed by atoms with van der Waals surface area (Å²) in [7, 11) is 1.56. The van der Waals surface area contributed by atoms with Crippen LogP contribution in [0.4, 0.5) is 4.79 Å². The largest absolute Gasteiger partial charge is 0.496 e. The molecular weight excluding hydrogens is 344 g/mol. The molecule has 1 saturated heterocycles. The molecule has 0 radical (unpaired) electrons. The van der Waals surface area contributed by atoms with Gasteiger partial charge in [0.15, 0.2) is 0 Å². The average Bonchev–Trinajstić information content (AvgIpc) is 2.72. The van der Waals surface area contributed by atoms with Gasteiger partial charge in [0, 0.05) is 26.2 Å². The summed E-state index contributed by atoms with van der Waals surface area (Å²) in [5.74, 6) is 0.489. The highest BCUT2D eigenvalue weighted by atomic mass is 16.6. The summed E-state index contributed by atoms with van der Waals surface area (Å²) in [4.78, 5) is 28.5. The molecule has 0 aromatic heterocycles. The molecule has 1 fully saturated rings. The predicted molar refractivity (Wildman–Crippen MR) is 102 cm³/mol. The zero-order valence-electron chi connectivity index (χ0n) is 15.7. The fourth-order valence-electron chi connectivity index (χ4n) is 3.06. The number of rotatable bonds is 4. The van der Waals surface area contributed by atoms with Crippen LogP contribution in [0.5, 0.6) is 5.75 Å². The van der Waals surface area contributed by atoms with Crippen molar-refractivity contribution in [3.8, 4) is 5.75 Å². The zero-order valence-corrected chi connectivity index (χ0v) is 15.7. The van der Waals surface area contributed by atoms with Crippen molar-refractivity contribution >= 4 is 12.0 Å². The van der Waals surface area contributed by atoms with Crippen molar-refractivity contribution < 1.29 is 19.1 Å². The van der Waals surface area contributed by atoms with Crippen LogP contribution in [0.25, 0.3) is 0 Å². The number of hydrogen-bond donors (Lipinski definition) is 0. The molecule has 6 nitrogen and oxygen atoms in total. The van der Waals surface area contributed by atoms with Crippen LogP contribution in [0.1, 0.15) is 21.5 Å². The Balaban J connectivity index is 1.54. The minimum atomic E-state index is -0.348. The van der Waals surface area contributed by atoms with Gasteiger partial charge in [-0.1, -0.05) is 42.0 Å². The maximum atomic E-state index is 12.8. The van der Waals surface area contributed by atoms with E-state index in [0.717, 1.165) is 11.1 Å². The van der Waals surface area contributed by atoms with Crippen LogP contribution in [0.3, 0.4) is 0 Å². The van der Waals surface area contributed by atoms with Crippen LogP contribution < -0.4 is 4.74 Å². The standard InChI is InChI=1S/C21H24N2O4/c1-16-8-9-19(26-2)18(14-16)20(24)22-10-12-23(13-11-22)21(25)27-15-17-6-4-3-5-7-17/h3-9,14H,10-13,15H2,1-2H3. The van der Waals surface area contributed by atoms with Crippen LogP contribution in [0, 0.1) is 6.92 Å². The van der Waals surface area contributed by atoms with E-state index in [1.54, 1.807) is 23.0 Å². The summed E-state index contributed by atoms with van der Waals surface area (Å²) in [6, 6.07) is 15.1. The summed E-state index contributed by atoms with van der Waals surface area (Å²) in [5.41, 5.74) is 2.51. The molecule has 2 aromatic rings. The maximum Gasteiger partial charge on any atom is 0.410 e. The second-order valence-corrected chi connectivity index (χ2v) is 6.52. The number of ether oxygens (including phenoxy) is 2. The van der Waals surface area contributed by atoms with Gasteiger partial charge in [0.1, 0.15) is 12.4 Å². The van der Waals surface area contributed by atoms with Crippen LogP contribution in [0.2, 0.25) is 0 Å². The zero-order chi connectivity index (χ0) is 19.2. The minimum Gasteiger partial charge on any atom is -0.496 e. The van der Waals surface area contributed by atoms with Gasteiger partial charge in [-0.2, -0.15) is 0 Å². The van der Waals surface area contributed by atoms with Crippen molar-refractivity contribution in [1.82, 2.24) is 9.80 Å². The number of aryl methyl sites for hydroxylation is 1. The quantitative estimate of drug-likeness (QED) is 0.832. The van der Waals surface area contributed by atoms with Crippen molar-refractivity contribution in [3.05, 3.63) is 65.2 Å². The number of benzene rings is 2. The van der Waals surface area contributed by atoms with E-state index in [9.17, 15) is 9.59 Å². The number of carbonyl (C=O) groups excluding carboxylic acids is 2. The Hall–Kier alpha value is -3.02. The smallest absolute Gasteiger partial charge is 0.410 e. The fraction of sp³-hybridized carbons (Fsp3) is 0.333. The first-order valence-electron chi connectivity index (χ1n) is 8.98. The van der Waals surface area contributed by atoms with Crippen molar-refractivity contribution in [1.29, 1.82) is 0 Å². The van der Waals surface area contributed by atoms with E-state index in [2.05, 4.69) is 0 Å². The molecule has 0 saturated carbocycles. The molecule has 2 aromatic carbocycles. The maximum absolute atomic E-state index is 12.8. The molecule has 2 amide bonds. The fourth-order valence-corrected chi connectivity index (χ4v) is 3.06. The van der Waals surface area contributed by atoms with Gasteiger partial charge in [-0.05, 0) is 24.6 Å². The third-order valence-corrected chi connectivity index (χ3v) is 4.62. The van der Waals surface area contributed by atoms with E-state index in [4.69, 9.17) is 9.47 Å². The van der Waals surface area contributed by atoms with Gasteiger partial charge >= 0.3 is 6.09 Å². The monoisotopic (exact) mass is 368 g/mol. The molecule has 0 N–H and O–H groups in total. The molecule has 0 atom stereocenters. The SMILES string of the molecule is COc1ccc(C)cc1C(=O)N1CCN(C(=O)OCc2ccccc2)CC1. The minimum absolute atomic E-state index is 0.0761. The van der Waals surface area contributed by atoms with Gasteiger partial charge in [0.05, 0.1) is 12.7 Å². The molecule has 1 aliphatic heterocycles. The molecule has 1 heterocycles. The molecule has 0 spiro atoms. The van der Waals surface area contributed by atoms with E-state index < -0.39 is 0 Å². The number of nitrogens with zero attached hydrogens (tertiary/aromatic N) is 2. The molecule has 0 bridgehead atoms. The third kappa shape index (κ3) is 4.58. The second kappa shape index (κ2) is 8.58. The summed E-state index contributed by atoms with van der Waals surface area (Å²) in [6.45, 7) is 4.03. The first kappa shape index (κ1) is 18.8. The Morgan fingerprint density at radius 1 is 0.963 bits per heavy atom. The highest BCUT2D eigenvalue weighted by Crippen LogP contribution is 2.22. The third-order valence-electron chi connectivity index (χ3n) is 4.62. The Morgan fingerprint density at radius 2 is 1.63 bits per heavy atom. The predicted octanol–water partition coefficient (Wildman–Crippen LogP) is 3.10. The van der Waals surface area contributed by atoms with E-state index in [-0.39, 0.29) is 18.6 Å². The average molecular weight is 368 g/mol. The van der Waals surface area contributed by atoms with E-state index in [1.165, 1.54) is 0 Å². The van der Waals surface area contributed by atoms with Crippen LogP contribution in [-0.4, -0.2) is 55.1 Å². The first-order chi connectivity index (χ1) is 13.1. The lowest BCUT2D eigenvalue weighted by atomic mass is 10.1. The molecule has 27 heavy (non-hydrogen) atoms. The first-order valence-corrected chi connectivity index (χ1v) is 8.98.